The summed E-state index contributed by atoms with van der Waals surface area (Å²) in [6.45, 7) is 7.46. The summed E-state index contributed by atoms with van der Waals surface area (Å²) in [5.74, 6) is 0.836. The number of nitrogens with zero attached hydrogens (tertiary/aromatic N) is 3. The number of rotatable bonds is 6. The van der Waals surface area contributed by atoms with Crippen LogP contribution in [0.25, 0.3) is 0 Å². The molecule has 0 aromatic carbocycles. The highest BCUT2D eigenvalue weighted by Gasteiger charge is 2.22. The van der Waals surface area contributed by atoms with Gasteiger partial charge in [-0.1, -0.05) is 11.8 Å². The Balaban J connectivity index is 1.70. The standard InChI is InChI=1S/C17H26N4O2S/c1-12-9-15(13(2)21(12)10-14-5-4-7-23-14)16-11-24-17(20-19-16)18-6-8-22-3/h9,14H,4-8,10-11H2,1-3H3,(H,18,20)/t14-/m0/s1. The van der Waals surface area contributed by atoms with Crippen molar-refractivity contribution in [2.45, 2.75) is 39.3 Å². The van der Waals surface area contributed by atoms with Crippen molar-refractivity contribution in [3.63, 3.8) is 0 Å². The molecule has 0 spiro atoms. The van der Waals surface area contributed by atoms with Gasteiger partial charge in [-0.3, -0.25) is 10.4 Å². The fourth-order valence-corrected chi connectivity index (χ4v) is 3.93. The molecule has 3 heterocycles. The minimum atomic E-state index is 0.350. The van der Waals surface area contributed by atoms with Gasteiger partial charge in [-0.2, -0.15) is 5.10 Å². The molecule has 2 aliphatic rings. The van der Waals surface area contributed by atoms with Crippen LogP contribution in [0.15, 0.2) is 16.2 Å². The molecule has 2 aliphatic heterocycles. The summed E-state index contributed by atoms with van der Waals surface area (Å²) in [4.78, 5) is 4.43. The second-order valence-electron chi connectivity index (χ2n) is 6.17. The van der Waals surface area contributed by atoms with Crippen molar-refractivity contribution in [3.8, 4) is 0 Å². The number of amidine groups is 1. The molecule has 1 saturated heterocycles. The summed E-state index contributed by atoms with van der Waals surface area (Å²) in [6, 6.07) is 2.23. The first-order valence-electron chi connectivity index (χ1n) is 8.46. The lowest BCUT2D eigenvalue weighted by molar-refractivity contribution is 0.0962. The molecule has 1 aromatic heterocycles. The van der Waals surface area contributed by atoms with Crippen molar-refractivity contribution in [3.05, 3.63) is 23.0 Å². The number of nitrogens with one attached hydrogen (secondary N) is 1. The van der Waals surface area contributed by atoms with E-state index in [-0.39, 0.29) is 0 Å². The molecule has 1 N–H and O–H groups in total. The number of hydrogen-bond acceptors (Lipinski definition) is 5. The fourth-order valence-electron chi connectivity index (χ4n) is 3.14. The molecule has 24 heavy (non-hydrogen) atoms. The van der Waals surface area contributed by atoms with Gasteiger partial charge in [0.05, 0.1) is 25.0 Å². The van der Waals surface area contributed by atoms with Crippen LogP contribution < -0.4 is 5.43 Å². The van der Waals surface area contributed by atoms with Crippen molar-refractivity contribution >= 4 is 22.6 Å². The number of aromatic nitrogens is 1. The normalized spacial score (nSPS) is 22.7. The van der Waals surface area contributed by atoms with Crippen LogP contribution in [-0.4, -0.2) is 54.2 Å². The van der Waals surface area contributed by atoms with Crippen LogP contribution >= 0.6 is 11.8 Å². The van der Waals surface area contributed by atoms with E-state index in [0.717, 1.165) is 36.2 Å². The highest BCUT2D eigenvalue weighted by Crippen LogP contribution is 2.23. The third kappa shape index (κ3) is 4.02. The summed E-state index contributed by atoms with van der Waals surface area (Å²) in [6.07, 6.45) is 2.68. The van der Waals surface area contributed by atoms with E-state index in [1.807, 2.05) is 0 Å². The van der Waals surface area contributed by atoms with Crippen LogP contribution in [0.1, 0.15) is 29.8 Å². The molecule has 7 heteroatoms. The molecule has 0 unspecified atom stereocenters. The van der Waals surface area contributed by atoms with Gasteiger partial charge in [-0.05, 0) is 32.8 Å². The molecule has 6 nitrogen and oxygen atoms in total. The first kappa shape index (κ1) is 17.5. The molecule has 1 atom stereocenters. The zero-order valence-electron chi connectivity index (χ0n) is 14.7. The minimum absolute atomic E-state index is 0.350. The molecule has 0 bridgehead atoms. The maximum Gasteiger partial charge on any atom is 0.177 e. The van der Waals surface area contributed by atoms with Crippen LogP contribution in [0.3, 0.4) is 0 Å². The van der Waals surface area contributed by atoms with Crippen LogP contribution in [-0.2, 0) is 16.0 Å². The predicted molar refractivity (Wildman–Crippen MR) is 99.2 cm³/mol. The lowest BCUT2D eigenvalue weighted by atomic mass is 10.1. The molecule has 3 rings (SSSR count). The van der Waals surface area contributed by atoms with E-state index in [4.69, 9.17) is 9.47 Å². The molecular formula is C17H26N4O2S. The van der Waals surface area contributed by atoms with Crippen molar-refractivity contribution in [1.82, 2.24) is 9.99 Å². The first-order chi connectivity index (χ1) is 11.7. The van der Waals surface area contributed by atoms with E-state index in [2.05, 4.69) is 40.0 Å². The van der Waals surface area contributed by atoms with E-state index < -0.39 is 0 Å². The van der Waals surface area contributed by atoms with Gasteiger partial charge in [-0.15, -0.1) is 0 Å². The molecule has 132 valence electrons. The molecule has 0 radical (unpaired) electrons. The number of aliphatic imine (C=N–C) groups is 1. The van der Waals surface area contributed by atoms with Crippen LogP contribution in [0, 0.1) is 13.8 Å². The Hall–Kier alpha value is -1.31. The number of hydrogen-bond donors (Lipinski definition) is 1. The molecular weight excluding hydrogens is 324 g/mol. The Kier molecular flexibility index (Phi) is 5.97. The summed E-state index contributed by atoms with van der Waals surface area (Å²) < 4.78 is 13.2. The molecule has 0 aliphatic carbocycles. The van der Waals surface area contributed by atoms with Crippen LogP contribution in [0.2, 0.25) is 0 Å². The summed E-state index contributed by atoms with van der Waals surface area (Å²) in [5.41, 5.74) is 7.91. The number of ether oxygens (including phenoxy) is 2. The Labute approximate surface area is 147 Å². The Morgan fingerprint density at radius 1 is 1.50 bits per heavy atom. The summed E-state index contributed by atoms with van der Waals surface area (Å²) in [5, 5.41) is 5.40. The zero-order valence-corrected chi connectivity index (χ0v) is 15.5. The predicted octanol–water partition coefficient (Wildman–Crippen LogP) is 2.33. The van der Waals surface area contributed by atoms with Crippen LogP contribution in [0.5, 0.6) is 0 Å². The van der Waals surface area contributed by atoms with E-state index in [1.54, 1.807) is 18.9 Å². The molecule has 1 fully saturated rings. The Morgan fingerprint density at radius 2 is 2.38 bits per heavy atom. The molecule has 1 aromatic rings. The lowest BCUT2D eigenvalue weighted by Crippen LogP contribution is -2.26. The molecule has 0 amide bonds. The molecule has 0 saturated carbocycles. The van der Waals surface area contributed by atoms with Gasteiger partial charge in [0.25, 0.3) is 0 Å². The van der Waals surface area contributed by atoms with Gasteiger partial charge < -0.3 is 14.0 Å². The third-order valence-corrected chi connectivity index (χ3v) is 5.39. The SMILES string of the molecule is COCCN=C1NN=C(c2cc(C)n(C[C@@H]3CCCO3)c2C)CS1. The third-order valence-electron chi connectivity index (χ3n) is 4.48. The smallest absolute Gasteiger partial charge is 0.177 e. The maximum absolute atomic E-state index is 5.79. The number of methoxy groups -OCH3 is 1. The highest BCUT2D eigenvalue weighted by atomic mass is 32.2. The van der Waals surface area contributed by atoms with E-state index >= 15 is 0 Å². The minimum Gasteiger partial charge on any atom is -0.383 e. The summed E-state index contributed by atoms with van der Waals surface area (Å²) >= 11 is 1.69. The first-order valence-corrected chi connectivity index (χ1v) is 9.45. The highest BCUT2D eigenvalue weighted by molar-refractivity contribution is 8.14. The topological polar surface area (TPSA) is 60.1 Å². The largest absolute Gasteiger partial charge is 0.383 e. The maximum atomic E-state index is 5.79. The van der Waals surface area contributed by atoms with Crippen molar-refractivity contribution < 1.29 is 9.47 Å². The Morgan fingerprint density at radius 3 is 3.04 bits per heavy atom. The van der Waals surface area contributed by atoms with Gasteiger partial charge in [-0.25, -0.2) is 0 Å². The van der Waals surface area contributed by atoms with Crippen molar-refractivity contribution in [1.29, 1.82) is 0 Å². The van der Waals surface area contributed by atoms with Crippen LogP contribution in [0.4, 0.5) is 0 Å². The number of hydrazone groups is 1. The van der Waals surface area contributed by atoms with Gasteiger partial charge in [0.1, 0.15) is 0 Å². The quantitative estimate of drug-likeness (QED) is 0.800. The van der Waals surface area contributed by atoms with Gasteiger partial charge in [0.15, 0.2) is 5.17 Å². The Bertz CT molecular complexity index is 633. The average molecular weight is 350 g/mol. The average Bonchev–Trinajstić information content (AvgIpc) is 3.20. The van der Waals surface area contributed by atoms with Gasteiger partial charge in [0, 0.05) is 43.0 Å². The number of aryl methyl sites for hydroxylation is 1. The summed E-state index contributed by atoms with van der Waals surface area (Å²) in [7, 11) is 1.68. The van der Waals surface area contributed by atoms with E-state index in [0.29, 0.717) is 19.3 Å². The fraction of sp³-hybridized carbons (Fsp3) is 0.647. The van der Waals surface area contributed by atoms with E-state index in [9.17, 15) is 0 Å². The van der Waals surface area contributed by atoms with Crippen molar-refractivity contribution in [2.75, 3.05) is 32.6 Å². The van der Waals surface area contributed by atoms with Gasteiger partial charge >= 0.3 is 0 Å². The second kappa shape index (κ2) is 8.18. The zero-order chi connectivity index (χ0) is 16.9. The van der Waals surface area contributed by atoms with E-state index in [1.165, 1.54) is 23.4 Å². The van der Waals surface area contributed by atoms with Gasteiger partial charge in [0.2, 0.25) is 0 Å². The monoisotopic (exact) mass is 350 g/mol. The number of thioether (sulfide) groups is 1. The van der Waals surface area contributed by atoms with Crippen molar-refractivity contribution in [2.24, 2.45) is 10.1 Å². The lowest BCUT2D eigenvalue weighted by Gasteiger charge is -2.17. The second-order valence-corrected chi connectivity index (χ2v) is 7.13.